The molecule has 1 aromatic heterocycles. The summed E-state index contributed by atoms with van der Waals surface area (Å²) in [6.07, 6.45) is 0.680. The summed E-state index contributed by atoms with van der Waals surface area (Å²) < 4.78 is 26.0. The first kappa shape index (κ1) is 13.6. The lowest BCUT2D eigenvalue weighted by Crippen LogP contribution is -2.28. The summed E-state index contributed by atoms with van der Waals surface area (Å²) in [5.74, 6) is 0. The Morgan fingerprint density at radius 1 is 1.44 bits per heavy atom. The van der Waals surface area contributed by atoms with Crippen molar-refractivity contribution >= 4 is 21.4 Å². The van der Waals surface area contributed by atoms with E-state index >= 15 is 0 Å². The Morgan fingerprint density at radius 3 is 2.50 bits per heavy atom. The van der Waals surface area contributed by atoms with E-state index in [0.29, 0.717) is 23.7 Å². The van der Waals surface area contributed by atoms with E-state index in [-0.39, 0.29) is 0 Å². The molecule has 1 heterocycles. The molecule has 0 aliphatic rings. The van der Waals surface area contributed by atoms with E-state index in [0.717, 1.165) is 10.4 Å². The normalized spacial score (nSPS) is 12.3. The third-order valence-electron chi connectivity index (χ3n) is 2.49. The fourth-order valence-corrected chi connectivity index (χ4v) is 4.19. The van der Waals surface area contributed by atoms with E-state index in [1.807, 2.05) is 13.8 Å². The highest BCUT2D eigenvalue weighted by molar-refractivity contribution is 7.91. The Bertz CT molecular complexity index is 432. The van der Waals surface area contributed by atoms with E-state index in [1.165, 1.54) is 15.6 Å². The van der Waals surface area contributed by atoms with Gasteiger partial charge in [0.1, 0.15) is 4.21 Å². The molecule has 16 heavy (non-hydrogen) atoms. The predicted octanol–water partition coefficient (Wildman–Crippen LogP) is 1.33. The summed E-state index contributed by atoms with van der Waals surface area (Å²) in [4.78, 5) is 1.05. The molecule has 92 valence electrons. The summed E-state index contributed by atoms with van der Waals surface area (Å²) in [7, 11) is -1.72. The third-order valence-corrected chi connectivity index (χ3v) is 5.94. The van der Waals surface area contributed by atoms with Gasteiger partial charge in [-0.1, -0.05) is 0 Å². The molecule has 2 N–H and O–H groups in total. The molecule has 0 unspecified atom stereocenters. The second-order valence-electron chi connectivity index (χ2n) is 3.77. The monoisotopic (exact) mass is 262 g/mol. The van der Waals surface area contributed by atoms with Gasteiger partial charge in [-0.05, 0) is 38.4 Å². The lowest BCUT2D eigenvalue weighted by atomic mass is 10.3. The van der Waals surface area contributed by atoms with Crippen LogP contribution in [0.3, 0.4) is 0 Å². The van der Waals surface area contributed by atoms with E-state index in [1.54, 1.807) is 13.1 Å². The SMILES string of the molecule is Cc1cc(S(=O)(=O)N(C)CCCN)sc1C. The molecular weight excluding hydrogens is 244 g/mol. The molecule has 0 saturated carbocycles. The maximum atomic E-state index is 12.1. The maximum Gasteiger partial charge on any atom is 0.252 e. The van der Waals surface area contributed by atoms with Crippen LogP contribution in [0.5, 0.6) is 0 Å². The fraction of sp³-hybridized carbons (Fsp3) is 0.600. The number of sulfonamides is 1. The second-order valence-corrected chi connectivity index (χ2v) is 7.30. The largest absolute Gasteiger partial charge is 0.330 e. The Morgan fingerprint density at radius 2 is 2.06 bits per heavy atom. The number of nitrogens with two attached hydrogens (primary N) is 1. The van der Waals surface area contributed by atoms with Gasteiger partial charge in [0, 0.05) is 18.5 Å². The van der Waals surface area contributed by atoms with Crippen molar-refractivity contribution in [2.75, 3.05) is 20.1 Å². The Kier molecular flexibility index (Phi) is 4.49. The van der Waals surface area contributed by atoms with Gasteiger partial charge in [0.15, 0.2) is 0 Å². The van der Waals surface area contributed by atoms with E-state index in [2.05, 4.69) is 0 Å². The number of thiophene rings is 1. The third kappa shape index (κ3) is 2.82. The van der Waals surface area contributed by atoms with Crippen LogP contribution < -0.4 is 5.73 Å². The zero-order valence-corrected chi connectivity index (χ0v) is 11.5. The maximum absolute atomic E-state index is 12.1. The lowest BCUT2D eigenvalue weighted by molar-refractivity contribution is 0.465. The molecular formula is C10H18N2O2S2. The van der Waals surface area contributed by atoms with Crippen LogP contribution in [-0.2, 0) is 10.0 Å². The minimum Gasteiger partial charge on any atom is -0.330 e. The number of rotatable bonds is 5. The van der Waals surface area contributed by atoms with Gasteiger partial charge in [0.2, 0.25) is 0 Å². The first-order valence-corrected chi connectivity index (χ1v) is 7.38. The van der Waals surface area contributed by atoms with Gasteiger partial charge in [-0.25, -0.2) is 12.7 Å². The van der Waals surface area contributed by atoms with Gasteiger partial charge in [0.05, 0.1) is 0 Å². The van der Waals surface area contributed by atoms with Crippen molar-refractivity contribution in [3.8, 4) is 0 Å². The van der Waals surface area contributed by atoms with Crippen molar-refractivity contribution in [2.24, 2.45) is 5.73 Å². The van der Waals surface area contributed by atoms with Crippen molar-refractivity contribution in [1.29, 1.82) is 0 Å². The molecule has 0 fully saturated rings. The molecule has 0 aromatic carbocycles. The van der Waals surface area contributed by atoms with Crippen molar-refractivity contribution < 1.29 is 8.42 Å². The smallest absolute Gasteiger partial charge is 0.252 e. The number of hydrogen-bond acceptors (Lipinski definition) is 4. The minimum absolute atomic E-state index is 0.419. The standard InChI is InChI=1S/C10H18N2O2S2/c1-8-7-10(15-9(8)2)16(13,14)12(3)6-4-5-11/h7H,4-6,11H2,1-3H3. The van der Waals surface area contributed by atoms with Crippen molar-refractivity contribution in [1.82, 2.24) is 4.31 Å². The Balaban J connectivity index is 2.93. The van der Waals surface area contributed by atoms with Crippen molar-refractivity contribution in [3.05, 3.63) is 16.5 Å². The molecule has 6 heteroatoms. The molecule has 0 aliphatic carbocycles. The second kappa shape index (κ2) is 5.27. The molecule has 1 rings (SSSR count). The summed E-state index contributed by atoms with van der Waals surface area (Å²) in [5.41, 5.74) is 6.39. The molecule has 0 spiro atoms. The summed E-state index contributed by atoms with van der Waals surface area (Å²) in [6.45, 7) is 4.82. The molecule has 1 aromatic rings. The summed E-state index contributed by atoms with van der Waals surface area (Å²) >= 11 is 1.32. The number of aryl methyl sites for hydroxylation is 2. The average molecular weight is 262 g/mol. The predicted molar refractivity (Wildman–Crippen MR) is 67.3 cm³/mol. The summed E-state index contributed by atoms with van der Waals surface area (Å²) in [6, 6.07) is 1.73. The highest BCUT2D eigenvalue weighted by atomic mass is 32.2. The van der Waals surface area contributed by atoms with Crippen LogP contribution >= 0.6 is 11.3 Å². The Labute approximate surface area is 101 Å². The molecule has 0 aliphatic heterocycles. The molecule has 0 atom stereocenters. The van der Waals surface area contributed by atoms with Crippen LogP contribution in [0.2, 0.25) is 0 Å². The quantitative estimate of drug-likeness (QED) is 0.871. The number of hydrogen-bond donors (Lipinski definition) is 1. The molecule has 0 bridgehead atoms. The van der Waals surface area contributed by atoms with Gasteiger partial charge in [0.25, 0.3) is 10.0 Å². The van der Waals surface area contributed by atoms with Crippen LogP contribution in [0, 0.1) is 13.8 Å². The first-order valence-electron chi connectivity index (χ1n) is 5.13. The van der Waals surface area contributed by atoms with Crippen molar-refractivity contribution in [2.45, 2.75) is 24.5 Å². The van der Waals surface area contributed by atoms with Crippen LogP contribution in [0.4, 0.5) is 0 Å². The van der Waals surface area contributed by atoms with Gasteiger partial charge in [-0.2, -0.15) is 0 Å². The van der Waals surface area contributed by atoms with Crippen LogP contribution in [0.15, 0.2) is 10.3 Å². The van der Waals surface area contributed by atoms with E-state index in [9.17, 15) is 8.42 Å². The van der Waals surface area contributed by atoms with Gasteiger partial charge >= 0.3 is 0 Å². The van der Waals surface area contributed by atoms with Crippen molar-refractivity contribution in [3.63, 3.8) is 0 Å². The van der Waals surface area contributed by atoms with Gasteiger partial charge in [-0.3, -0.25) is 0 Å². The zero-order valence-electron chi connectivity index (χ0n) is 9.86. The minimum atomic E-state index is -3.32. The van der Waals surface area contributed by atoms with Gasteiger partial charge in [-0.15, -0.1) is 11.3 Å². The topological polar surface area (TPSA) is 63.4 Å². The fourth-order valence-electron chi connectivity index (χ4n) is 1.25. The molecule has 0 radical (unpaired) electrons. The number of nitrogens with zero attached hydrogens (tertiary/aromatic N) is 1. The first-order chi connectivity index (χ1) is 7.39. The summed E-state index contributed by atoms with van der Waals surface area (Å²) in [5, 5.41) is 0. The highest BCUT2D eigenvalue weighted by Crippen LogP contribution is 2.27. The van der Waals surface area contributed by atoms with Crippen LogP contribution in [0.25, 0.3) is 0 Å². The van der Waals surface area contributed by atoms with E-state index in [4.69, 9.17) is 5.73 Å². The lowest BCUT2D eigenvalue weighted by Gasteiger charge is -2.15. The highest BCUT2D eigenvalue weighted by Gasteiger charge is 2.22. The molecule has 0 saturated heterocycles. The Hall–Kier alpha value is -0.430. The van der Waals surface area contributed by atoms with Crippen LogP contribution in [-0.4, -0.2) is 32.9 Å². The van der Waals surface area contributed by atoms with Gasteiger partial charge < -0.3 is 5.73 Å². The van der Waals surface area contributed by atoms with E-state index < -0.39 is 10.0 Å². The average Bonchev–Trinajstić information content (AvgIpc) is 2.56. The molecule has 0 amide bonds. The van der Waals surface area contributed by atoms with Crippen LogP contribution in [0.1, 0.15) is 16.9 Å². The zero-order chi connectivity index (χ0) is 12.3. The molecule has 4 nitrogen and oxygen atoms in total.